The predicted octanol–water partition coefficient (Wildman–Crippen LogP) is 3.63. The van der Waals surface area contributed by atoms with E-state index in [1.165, 1.54) is 5.56 Å². The van der Waals surface area contributed by atoms with Crippen molar-refractivity contribution in [1.82, 2.24) is 4.90 Å². The molecule has 2 amide bonds. The number of carbonyl (C=O) groups excluding carboxylic acids is 2. The molecule has 0 atom stereocenters. The van der Waals surface area contributed by atoms with Crippen LogP contribution < -0.4 is 10.6 Å². The van der Waals surface area contributed by atoms with Crippen molar-refractivity contribution in [1.29, 1.82) is 0 Å². The Morgan fingerprint density at radius 1 is 0.846 bits per heavy atom. The molecule has 0 aromatic heterocycles. The minimum Gasteiger partial charge on any atom is -0.325 e. The van der Waals surface area contributed by atoms with Crippen molar-refractivity contribution in [3.05, 3.63) is 59.7 Å². The highest BCUT2D eigenvalue weighted by molar-refractivity contribution is 5.94. The van der Waals surface area contributed by atoms with Crippen molar-refractivity contribution >= 4 is 23.2 Å². The van der Waals surface area contributed by atoms with Crippen molar-refractivity contribution < 1.29 is 9.59 Å². The van der Waals surface area contributed by atoms with Gasteiger partial charge in [0, 0.05) is 11.4 Å². The lowest BCUT2D eigenvalue weighted by Crippen LogP contribution is -2.36. The molecule has 0 spiro atoms. The molecule has 0 unspecified atom stereocenters. The summed E-state index contributed by atoms with van der Waals surface area (Å²) in [7, 11) is 1.75. The molecule has 0 aliphatic heterocycles. The molecule has 2 N–H and O–H groups in total. The Bertz CT molecular complexity index is 737. The molecule has 0 heterocycles. The number of anilines is 2. The summed E-state index contributed by atoms with van der Waals surface area (Å²) in [6, 6.07) is 15.4. The number of hydrogen-bond acceptors (Lipinski definition) is 3. The Kier molecular flexibility index (Phi) is 6.92. The second kappa shape index (κ2) is 9.15. The lowest BCUT2D eigenvalue weighted by Gasteiger charge is -2.16. The second-order valence-corrected chi connectivity index (χ2v) is 6.91. The third kappa shape index (κ3) is 6.33. The van der Waals surface area contributed by atoms with Crippen LogP contribution in [0.4, 0.5) is 11.4 Å². The van der Waals surface area contributed by atoms with Gasteiger partial charge in [-0.25, -0.2) is 0 Å². The first-order chi connectivity index (χ1) is 12.3. The summed E-state index contributed by atoms with van der Waals surface area (Å²) in [5.74, 6) is 0.163. The van der Waals surface area contributed by atoms with Crippen LogP contribution in [0.1, 0.15) is 30.9 Å². The maximum Gasteiger partial charge on any atom is 0.238 e. The predicted molar refractivity (Wildman–Crippen MR) is 106 cm³/mol. The number of amides is 2. The Morgan fingerprint density at radius 2 is 1.27 bits per heavy atom. The van der Waals surface area contributed by atoms with E-state index in [1.54, 1.807) is 11.9 Å². The van der Waals surface area contributed by atoms with Gasteiger partial charge in [0.25, 0.3) is 0 Å². The lowest BCUT2D eigenvalue weighted by molar-refractivity contribution is -0.119. The van der Waals surface area contributed by atoms with Gasteiger partial charge in [-0.15, -0.1) is 0 Å². The van der Waals surface area contributed by atoms with Crippen molar-refractivity contribution in [2.75, 3.05) is 30.8 Å². The van der Waals surface area contributed by atoms with Crippen LogP contribution in [0.5, 0.6) is 0 Å². The molecule has 0 aliphatic rings. The van der Waals surface area contributed by atoms with E-state index in [0.29, 0.717) is 5.92 Å². The van der Waals surface area contributed by atoms with Gasteiger partial charge in [-0.1, -0.05) is 43.7 Å². The topological polar surface area (TPSA) is 61.4 Å². The summed E-state index contributed by atoms with van der Waals surface area (Å²) in [5.41, 5.74) is 3.88. The minimum absolute atomic E-state index is 0.145. The molecule has 138 valence electrons. The van der Waals surface area contributed by atoms with Crippen molar-refractivity contribution in [3.8, 4) is 0 Å². The van der Waals surface area contributed by atoms with Gasteiger partial charge >= 0.3 is 0 Å². The van der Waals surface area contributed by atoms with Crippen molar-refractivity contribution in [2.24, 2.45) is 0 Å². The fourth-order valence-corrected chi connectivity index (χ4v) is 2.54. The Labute approximate surface area is 155 Å². The molecule has 0 saturated carbocycles. The minimum atomic E-state index is -0.148. The molecule has 0 saturated heterocycles. The highest BCUT2D eigenvalue weighted by Gasteiger charge is 2.11. The van der Waals surface area contributed by atoms with Crippen LogP contribution in [0.3, 0.4) is 0 Å². The van der Waals surface area contributed by atoms with Crippen LogP contribution in [0.15, 0.2) is 48.5 Å². The van der Waals surface area contributed by atoms with Gasteiger partial charge in [-0.2, -0.15) is 0 Å². The molecular formula is C21H27N3O2. The fourth-order valence-electron chi connectivity index (χ4n) is 2.54. The monoisotopic (exact) mass is 353 g/mol. The molecule has 2 aromatic carbocycles. The van der Waals surface area contributed by atoms with Crippen LogP contribution in [0.25, 0.3) is 0 Å². The van der Waals surface area contributed by atoms with Crippen LogP contribution in [-0.4, -0.2) is 36.9 Å². The molecule has 5 heteroatoms. The molecule has 0 radical (unpaired) electrons. The number of likely N-dealkylation sites (N-methyl/N-ethyl adjacent to an activating group) is 1. The third-order valence-corrected chi connectivity index (χ3v) is 4.02. The summed E-state index contributed by atoms with van der Waals surface area (Å²) in [6.07, 6.45) is 0. The van der Waals surface area contributed by atoms with Crippen LogP contribution in [0, 0.1) is 6.92 Å². The highest BCUT2D eigenvalue weighted by atomic mass is 16.2. The second-order valence-electron chi connectivity index (χ2n) is 6.91. The van der Waals surface area contributed by atoms with E-state index in [1.807, 2.05) is 55.5 Å². The van der Waals surface area contributed by atoms with Gasteiger partial charge in [-0.05, 0) is 49.7 Å². The normalized spacial score (nSPS) is 10.8. The van der Waals surface area contributed by atoms with Crippen molar-refractivity contribution in [3.63, 3.8) is 0 Å². The summed E-state index contributed by atoms with van der Waals surface area (Å²) >= 11 is 0. The number of rotatable bonds is 7. The van der Waals surface area contributed by atoms with E-state index in [2.05, 4.69) is 24.5 Å². The standard InChI is InChI=1S/C21H27N3O2/c1-15(2)17-7-11-19(12-8-17)23-21(26)14-24(4)13-20(25)22-18-9-5-16(3)6-10-18/h5-12,15H,13-14H2,1-4H3,(H,22,25)(H,23,26). The van der Waals surface area contributed by atoms with Gasteiger partial charge in [0.05, 0.1) is 13.1 Å². The number of hydrogen-bond donors (Lipinski definition) is 2. The van der Waals surface area contributed by atoms with E-state index in [-0.39, 0.29) is 24.9 Å². The zero-order valence-corrected chi connectivity index (χ0v) is 15.9. The average molecular weight is 353 g/mol. The number of carbonyl (C=O) groups is 2. The quantitative estimate of drug-likeness (QED) is 0.799. The highest BCUT2D eigenvalue weighted by Crippen LogP contribution is 2.17. The lowest BCUT2D eigenvalue weighted by atomic mass is 10.0. The molecule has 26 heavy (non-hydrogen) atoms. The molecule has 0 bridgehead atoms. The Hall–Kier alpha value is -2.66. The molecule has 0 fully saturated rings. The number of aryl methyl sites for hydroxylation is 1. The number of benzene rings is 2. The first-order valence-electron chi connectivity index (χ1n) is 8.78. The van der Waals surface area contributed by atoms with Crippen LogP contribution in [-0.2, 0) is 9.59 Å². The largest absolute Gasteiger partial charge is 0.325 e. The summed E-state index contributed by atoms with van der Waals surface area (Å²) in [5, 5.41) is 5.68. The van der Waals surface area contributed by atoms with E-state index < -0.39 is 0 Å². The summed E-state index contributed by atoms with van der Waals surface area (Å²) in [4.78, 5) is 25.9. The van der Waals surface area contributed by atoms with E-state index >= 15 is 0 Å². The molecule has 0 aliphatic carbocycles. The van der Waals surface area contributed by atoms with Gasteiger partial charge in [0.2, 0.25) is 11.8 Å². The zero-order valence-electron chi connectivity index (χ0n) is 15.9. The SMILES string of the molecule is Cc1ccc(NC(=O)CN(C)CC(=O)Nc2ccc(C(C)C)cc2)cc1. The smallest absolute Gasteiger partial charge is 0.238 e. The van der Waals surface area contributed by atoms with E-state index in [9.17, 15) is 9.59 Å². The third-order valence-electron chi connectivity index (χ3n) is 4.02. The summed E-state index contributed by atoms with van der Waals surface area (Å²) < 4.78 is 0. The van der Waals surface area contributed by atoms with Crippen LogP contribution >= 0.6 is 0 Å². The van der Waals surface area contributed by atoms with Gasteiger partial charge in [0.15, 0.2) is 0 Å². The van der Waals surface area contributed by atoms with Crippen LogP contribution in [0.2, 0.25) is 0 Å². The van der Waals surface area contributed by atoms with E-state index in [4.69, 9.17) is 0 Å². The zero-order chi connectivity index (χ0) is 19.1. The van der Waals surface area contributed by atoms with Gasteiger partial charge in [0.1, 0.15) is 0 Å². The maximum atomic E-state index is 12.1. The average Bonchev–Trinajstić information content (AvgIpc) is 2.57. The van der Waals surface area contributed by atoms with Gasteiger partial charge in [-0.3, -0.25) is 14.5 Å². The number of nitrogens with one attached hydrogen (secondary N) is 2. The first-order valence-corrected chi connectivity index (χ1v) is 8.78. The van der Waals surface area contributed by atoms with Crippen molar-refractivity contribution in [2.45, 2.75) is 26.7 Å². The molecular weight excluding hydrogens is 326 g/mol. The molecule has 2 aromatic rings. The fraction of sp³-hybridized carbons (Fsp3) is 0.333. The first kappa shape index (κ1) is 19.7. The Morgan fingerprint density at radius 3 is 1.69 bits per heavy atom. The Balaban J connectivity index is 1.78. The maximum absolute atomic E-state index is 12.1. The van der Waals surface area contributed by atoms with Gasteiger partial charge < -0.3 is 10.6 Å². The summed E-state index contributed by atoms with van der Waals surface area (Å²) in [6.45, 7) is 6.55. The number of nitrogens with zero attached hydrogens (tertiary/aromatic N) is 1. The molecule has 2 rings (SSSR count). The van der Waals surface area contributed by atoms with E-state index in [0.717, 1.165) is 16.9 Å². The molecule has 5 nitrogen and oxygen atoms in total.